The predicted molar refractivity (Wildman–Crippen MR) is 60.7 cm³/mol. The summed E-state index contributed by atoms with van der Waals surface area (Å²) in [7, 11) is 0. The number of halogens is 1. The molecule has 4 nitrogen and oxygen atoms in total. The highest BCUT2D eigenvalue weighted by Crippen LogP contribution is 2.26. The highest BCUT2D eigenvalue weighted by Gasteiger charge is 2.23. The number of carboxylic acid groups (broad SMARTS) is 1. The Balaban J connectivity index is 2.85. The molecule has 0 aliphatic heterocycles. The lowest BCUT2D eigenvalue weighted by atomic mass is 10.0. The van der Waals surface area contributed by atoms with Gasteiger partial charge >= 0.3 is 5.97 Å². The van der Waals surface area contributed by atoms with Gasteiger partial charge in [-0.25, -0.2) is 4.79 Å². The van der Waals surface area contributed by atoms with Gasteiger partial charge in [0.15, 0.2) is 0 Å². The van der Waals surface area contributed by atoms with E-state index in [1.165, 1.54) is 16.7 Å². The summed E-state index contributed by atoms with van der Waals surface area (Å²) >= 11 is 4.34. The minimum atomic E-state index is -1.14. The molecule has 0 aliphatic rings. The minimum absolute atomic E-state index is 0.0566. The van der Waals surface area contributed by atoms with Crippen LogP contribution in [-0.2, 0) is 0 Å². The second kappa shape index (κ2) is 5.60. The van der Waals surface area contributed by atoms with Gasteiger partial charge in [-0.3, -0.25) is 0 Å². The maximum absolute atomic E-state index is 10.8. The van der Waals surface area contributed by atoms with E-state index in [1.807, 2.05) is 0 Å². The molecule has 0 aromatic carbocycles. The molecule has 0 spiro atoms. The van der Waals surface area contributed by atoms with Gasteiger partial charge in [0.2, 0.25) is 0 Å². The van der Waals surface area contributed by atoms with Crippen LogP contribution in [0.4, 0.5) is 0 Å². The van der Waals surface area contributed by atoms with Crippen LogP contribution in [0, 0.1) is 0 Å². The Morgan fingerprint density at radius 2 is 2.13 bits per heavy atom. The summed E-state index contributed by atoms with van der Waals surface area (Å²) in [6.07, 6.45) is -1.72. The molecule has 2 unspecified atom stereocenters. The fourth-order valence-electron chi connectivity index (χ4n) is 1.19. The van der Waals surface area contributed by atoms with Crippen LogP contribution in [0.2, 0.25) is 0 Å². The molecule has 1 aromatic heterocycles. The fraction of sp³-hybridized carbons (Fsp3) is 0.444. The van der Waals surface area contributed by atoms with Gasteiger partial charge in [0.25, 0.3) is 0 Å². The molecule has 1 aromatic rings. The van der Waals surface area contributed by atoms with Gasteiger partial charge in [-0.2, -0.15) is 11.3 Å². The SMILES string of the molecule is O=C(O)c1cscc1C(O)C(O)CCBr. The number of aromatic carboxylic acids is 1. The van der Waals surface area contributed by atoms with Crippen molar-refractivity contribution in [2.75, 3.05) is 5.33 Å². The fourth-order valence-corrected chi connectivity index (χ4v) is 2.51. The number of rotatable bonds is 5. The molecule has 0 radical (unpaired) electrons. The van der Waals surface area contributed by atoms with E-state index in [-0.39, 0.29) is 11.1 Å². The lowest BCUT2D eigenvalue weighted by molar-refractivity contribution is 0.0166. The maximum atomic E-state index is 10.8. The van der Waals surface area contributed by atoms with Gasteiger partial charge in [-0.1, -0.05) is 15.9 Å². The predicted octanol–water partition coefficient (Wildman–Crippen LogP) is 1.63. The average molecular weight is 295 g/mol. The third kappa shape index (κ3) is 3.01. The van der Waals surface area contributed by atoms with Crippen LogP contribution in [0.5, 0.6) is 0 Å². The third-order valence-corrected chi connectivity index (χ3v) is 3.23. The van der Waals surface area contributed by atoms with Crippen molar-refractivity contribution in [2.24, 2.45) is 0 Å². The van der Waals surface area contributed by atoms with Crippen molar-refractivity contribution >= 4 is 33.2 Å². The van der Waals surface area contributed by atoms with Gasteiger partial charge in [-0.15, -0.1) is 0 Å². The van der Waals surface area contributed by atoms with E-state index in [0.29, 0.717) is 11.8 Å². The summed E-state index contributed by atoms with van der Waals surface area (Å²) in [6.45, 7) is 0. The molecule has 84 valence electrons. The molecule has 2 atom stereocenters. The molecule has 1 heterocycles. The summed E-state index contributed by atoms with van der Waals surface area (Å²) in [5.74, 6) is -1.09. The largest absolute Gasteiger partial charge is 0.478 e. The number of aliphatic hydroxyl groups excluding tert-OH is 2. The summed E-state index contributed by atoms with van der Waals surface area (Å²) in [5, 5.41) is 31.6. The van der Waals surface area contributed by atoms with Gasteiger partial charge in [0.1, 0.15) is 6.10 Å². The lowest BCUT2D eigenvalue weighted by Gasteiger charge is -2.16. The topological polar surface area (TPSA) is 77.8 Å². The smallest absolute Gasteiger partial charge is 0.336 e. The van der Waals surface area contributed by atoms with Crippen LogP contribution in [0.3, 0.4) is 0 Å². The molecule has 0 bridgehead atoms. The Morgan fingerprint density at radius 3 is 2.67 bits per heavy atom. The van der Waals surface area contributed by atoms with Crippen LogP contribution in [0.1, 0.15) is 28.4 Å². The standard InChI is InChI=1S/C9H11BrO4S/c10-2-1-7(11)8(12)5-3-15-4-6(5)9(13)14/h3-4,7-8,11-12H,1-2H2,(H,13,14). The van der Waals surface area contributed by atoms with Crippen LogP contribution < -0.4 is 0 Å². The van der Waals surface area contributed by atoms with Gasteiger partial charge in [0.05, 0.1) is 11.7 Å². The van der Waals surface area contributed by atoms with Crippen molar-refractivity contribution in [3.8, 4) is 0 Å². The van der Waals surface area contributed by atoms with Crippen molar-refractivity contribution in [1.29, 1.82) is 0 Å². The second-order valence-corrected chi connectivity index (χ2v) is 4.57. The summed E-state index contributed by atoms with van der Waals surface area (Å²) in [4.78, 5) is 10.8. The van der Waals surface area contributed by atoms with Crippen LogP contribution >= 0.6 is 27.3 Å². The van der Waals surface area contributed by atoms with E-state index in [9.17, 15) is 15.0 Å². The third-order valence-electron chi connectivity index (χ3n) is 2.01. The number of alkyl halides is 1. The van der Waals surface area contributed by atoms with E-state index in [2.05, 4.69) is 15.9 Å². The Bertz CT molecular complexity index is 339. The lowest BCUT2D eigenvalue weighted by Crippen LogP contribution is -2.20. The molecule has 15 heavy (non-hydrogen) atoms. The first-order valence-corrected chi connectivity index (χ1v) is 6.35. The highest BCUT2D eigenvalue weighted by molar-refractivity contribution is 9.09. The quantitative estimate of drug-likeness (QED) is 0.721. The first-order chi connectivity index (χ1) is 7.07. The Kier molecular flexibility index (Phi) is 4.72. The zero-order valence-corrected chi connectivity index (χ0v) is 10.2. The van der Waals surface area contributed by atoms with E-state index >= 15 is 0 Å². The Morgan fingerprint density at radius 1 is 1.47 bits per heavy atom. The van der Waals surface area contributed by atoms with Gasteiger partial charge in [0, 0.05) is 16.3 Å². The van der Waals surface area contributed by atoms with Crippen LogP contribution in [0.25, 0.3) is 0 Å². The molecule has 0 aliphatic carbocycles. The normalized spacial score (nSPS) is 14.9. The van der Waals surface area contributed by atoms with Crippen molar-refractivity contribution in [2.45, 2.75) is 18.6 Å². The van der Waals surface area contributed by atoms with Crippen molar-refractivity contribution in [1.82, 2.24) is 0 Å². The number of aliphatic hydroxyl groups is 2. The maximum Gasteiger partial charge on any atom is 0.336 e. The Labute approximate surface area is 99.3 Å². The molecule has 1 rings (SSSR count). The number of carbonyl (C=O) groups is 1. The number of hydrogen-bond donors (Lipinski definition) is 3. The zero-order valence-electron chi connectivity index (χ0n) is 7.76. The van der Waals surface area contributed by atoms with E-state index in [4.69, 9.17) is 5.11 Å². The molecule has 0 saturated carbocycles. The second-order valence-electron chi connectivity index (χ2n) is 3.04. The summed E-state index contributed by atoms with van der Waals surface area (Å²) in [5.41, 5.74) is 0.335. The highest BCUT2D eigenvalue weighted by atomic mass is 79.9. The average Bonchev–Trinajstić information content (AvgIpc) is 2.65. The molecule has 3 N–H and O–H groups in total. The molecular weight excluding hydrogens is 284 g/mol. The van der Waals surface area contributed by atoms with Crippen molar-refractivity contribution < 1.29 is 20.1 Å². The zero-order chi connectivity index (χ0) is 11.4. The van der Waals surface area contributed by atoms with Crippen LogP contribution in [0.15, 0.2) is 10.8 Å². The van der Waals surface area contributed by atoms with Crippen molar-refractivity contribution in [3.05, 3.63) is 21.9 Å². The van der Waals surface area contributed by atoms with Gasteiger partial charge < -0.3 is 15.3 Å². The van der Waals surface area contributed by atoms with Crippen LogP contribution in [-0.4, -0.2) is 32.7 Å². The number of hydrogen-bond acceptors (Lipinski definition) is 4. The molecule has 0 saturated heterocycles. The van der Waals surface area contributed by atoms with E-state index in [0.717, 1.165) is 0 Å². The molecule has 0 fully saturated rings. The van der Waals surface area contributed by atoms with E-state index in [1.54, 1.807) is 5.38 Å². The first-order valence-electron chi connectivity index (χ1n) is 4.29. The summed E-state index contributed by atoms with van der Waals surface area (Å²) in [6, 6.07) is 0. The number of thiophene rings is 1. The monoisotopic (exact) mass is 294 g/mol. The number of carboxylic acids is 1. The molecule has 6 heteroatoms. The van der Waals surface area contributed by atoms with Gasteiger partial charge in [-0.05, 0) is 11.8 Å². The molecular formula is C9H11BrO4S. The minimum Gasteiger partial charge on any atom is -0.478 e. The van der Waals surface area contributed by atoms with E-state index < -0.39 is 18.2 Å². The first kappa shape index (κ1) is 12.6. The summed E-state index contributed by atoms with van der Waals surface area (Å²) < 4.78 is 0. The Hall–Kier alpha value is -0.430. The van der Waals surface area contributed by atoms with Crippen molar-refractivity contribution in [3.63, 3.8) is 0 Å². The molecule has 0 amide bonds.